The zero-order chi connectivity index (χ0) is 18.4. The van der Waals surface area contributed by atoms with E-state index < -0.39 is 17.2 Å². The van der Waals surface area contributed by atoms with E-state index in [1.54, 1.807) is 4.57 Å². The van der Waals surface area contributed by atoms with E-state index in [4.69, 9.17) is 4.74 Å². The second-order valence-corrected chi connectivity index (χ2v) is 7.04. The van der Waals surface area contributed by atoms with Crippen LogP contribution in [0.4, 0.5) is 4.39 Å². The number of aromatic nitrogens is 1. The zero-order valence-corrected chi connectivity index (χ0v) is 14.5. The van der Waals surface area contributed by atoms with Crippen molar-refractivity contribution in [3.63, 3.8) is 0 Å². The van der Waals surface area contributed by atoms with Crippen LogP contribution in [-0.2, 0) is 0 Å². The first-order valence-corrected chi connectivity index (χ1v) is 8.92. The third-order valence-electron chi connectivity index (χ3n) is 5.38. The standard InChI is InChI=1S/C19H21FN2O4/c1-26-18-15(10-4-6-21-7-5-10)14(20)8-12-16(18)22(11-2-3-11)9-13(17(12)23)19(24)25/h8-11,21H,2-7H2,1H3,(H,24,25). The Kier molecular flexibility index (Phi) is 4.19. The molecule has 0 unspecified atom stereocenters. The number of carboxylic acids is 1. The third-order valence-corrected chi connectivity index (χ3v) is 5.38. The topological polar surface area (TPSA) is 80.6 Å². The predicted octanol–water partition coefficient (Wildman–Crippen LogP) is 2.65. The van der Waals surface area contributed by atoms with Crippen LogP contribution in [0, 0.1) is 5.82 Å². The van der Waals surface area contributed by atoms with Crippen LogP contribution < -0.4 is 15.5 Å². The molecule has 1 aliphatic heterocycles. The average Bonchev–Trinajstić information content (AvgIpc) is 3.47. The van der Waals surface area contributed by atoms with Gasteiger partial charge in [0, 0.05) is 17.8 Å². The predicted molar refractivity (Wildman–Crippen MR) is 94.8 cm³/mol. The highest BCUT2D eigenvalue weighted by molar-refractivity contribution is 5.95. The number of carbonyl (C=O) groups is 1. The lowest BCUT2D eigenvalue weighted by Crippen LogP contribution is -2.27. The maximum Gasteiger partial charge on any atom is 0.341 e. The fraction of sp³-hybridized carbons (Fsp3) is 0.474. The number of rotatable bonds is 4. The van der Waals surface area contributed by atoms with Gasteiger partial charge in [-0.25, -0.2) is 9.18 Å². The second-order valence-electron chi connectivity index (χ2n) is 7.04. The Hall–Kier alpha value is -2.41. The minimum atomic E-state index is -1.30. The molecule has 0 amide bonds. The summed E-state index contributed by atoms with van der Waals surface area (Å²) in [4.78, 5) is 24.1. The maximum atomic E-state index is 15.0. The number of halogens is 1. The minimum Gasteiger partial charge on any atom is -0.494 e. The summed E-state index contributed by atoms with van der Waals surface area (Å²) >= 11 is 0. The Bertz CT molecular complexity index is 943. The lowest BCUT2D eigenvalue weighted by molar-refractivity contribution is 0.0695. The Morgan fingerprint density at radius 2 is 2.00 bits per heavy atom. The number of piperidine rings is 1. The molecular formula is C19H21FN2O4. The summed E-state index contributed by atoms with van der Waals surface area (Å²) in [5.74, 6) is -1.42. The number of methoxy groups -OCH3 is 1. The van der Waals surface area contributed by atoms with Gasteiger partial charge in [-0.3, -0.25) is 4.79 Å². The van der Waals surface area contributed by atoms with Crippen molar-refractivity contribution in [2.45, 2.75) is 37.6 Å². The molecule has 0 atom stereocenters. The number of fused-ring (bicyclic) bond motifs is 1. The molecule has 1 aromatic heterocycles. The van der Waals surface area contributed by atoms with Crippen molar-refractivity contribution in [2.24, 2.45) is 0 Å². The Morgan fingerprint density at radius 1 is 1.31 bits per heavy atom. The van der Waals surface area contributed by atoms with Crippen molar-refractivity contribution in [3.8, 4) is 5.75 Å². The van der Waals surface area contributed by atoms with Gasteiger partial charge in [-0.2, -0.15) is 0 Å². The number of hydrogen-bond acceptors (Lipinski definition) is 4. The molecule has 0 radical (unpaired) electrons. The van der Waals surface area contributed by atoms with Gasteiger partial charge in [0.05, 0.1) is 18.0 Å². The van der Waals surface area contributed by atoms with Gasteiger partial charge < -0.3 is 19.7 Å². The first-order valence-electron chi connectivity index (χ1n) is 8.92. The van der Waals surface area contributed by atoms with E-state index in [1.807, 2.05) is 0 Å². The molecule has 138 valence electrons. The lowest BCUT2D eigenvalue weighted by atomic mass is 9.88. The molecule has 26 heavy (non-hydrogen) atoms. The smallest absolute Gasteiger partial charge is 0.341 e. The fourth-order valence-electron chi connectivity index (χ4n) is 3.96. The number of nitrogens with zero attached hydrogens (tertiary/aromatic N) is 1. The van der Waals surface area contributed by atoms with Gasteiger partial charge in [0.2, 0.25) is 5.43 Å². The molecule has 4 rings (SSSR count). The molecule has 1 saturated heterocycles. The van der Waals surface area contributed by atoms with Gasteiger partial charge in [-0.05, 0) is 50.8 Å². The number of aromatic carboxylic acids is 1. The number of benzene rings is 1. The van der Waals surface area contributed by atoms with Crippen LogP contribution in [0.5, 0.6) is 5.75 Å². The number of ether oxygens (including phenoxy) is 1. The first-order chi connectivity index (χ1) is 12.5. The molecule has 1 aromatic carbocycles. The van der Waals surface area contributed by atoms with Crippen molar-refractivity contribution in [2.75, 3.05) is 20.2 Å². The van der Waals surface area contributed by atoms with E-state index in [1.165, 1.54) is 19.4 Å². The number of carboxylic acid groups (broad SMARTS) is 1. The summed E-state index contributed by atoms with van der Waals surface area (Å²) in [6.07, 6.45) is 4.77. The highest BCUT2D eigenvalue weighted by Crippen LogP contribution is 2.43. The van der Waals surface area contributed by atoms with E-state index >= 15 is 4.39 Å². The molecule has 1 aliphatic carbocycles. The van der Waals surface area contributed by atoms with Crippen LogP contribution in [-0.4, -0.2) is 35.8 Å². The van der Waals surface area contributed by atoms with Crippen LogP contribution in [0.2, 0.25) is 0 Å². The highest BCUT2D eigenvalue weighted by atomic mass is 19.1. The molecular weight excluding hydrogens is 339 g/mol. The van der Waals surface area contributed by atoms with Crippen LogP contribution in [0.25, 0.3) is 10.9 Å². The molecule has 2 aromatic rings. The molecule has 0 spiro atoms. The fourth-order valence-corrected chi connectivity index (χ4v) is 3.96. The highest BCUT2D eigenvalue weighted by Gasteiger charge is 2.32. The lowest BCUT2D eigenvalue weighted by Gasteiger charge is -2.26. The molecule has 2 N–H and O–H groups in total. The Labute approximate surface area is 149 Å². The molecule has 2 aliphatic rings. The van der Waals surface area contributed by atoms with Gasteiger partial charge in [-0.15, -0.1) is 0 Å². The Balaban J connectivity index is 2.05. The van der Waals surface area contributed by atoms with Crippen molar-refractivity contribution in [1.82, 2.24) is 9.88 Å². The van der Waals surface area contributed by atoms with E-state index in [-0.39, 0.29) is 22.9 Å². The zero-order valence-electron chi connectivity index (χ0n) is 14.5. The van der Waals surface area contributed by atoms with Crippen molar-refractivity contribution < 1.29 is 19.0 Å². The molecule has 6 nitrogen and oxygen atoms in total. The minimum absolute atomic E-state index is 0.0116. The SMILES string of the molecule is COc1c(C2CCNCC2)c(F)cc2c(=O)c(C(=O)O)cn(C3CC3)c12. The number of nitrogens with one attached hydrogen (secondary N) is 1. The molecule has 0 bridgehead atoms. The normalized spacial score (nSPS) is 18.2. The van der Waals surface area contributed by atoms with E-state index in [0.717, 1.165) is 38.8 Å². The monoisotopic (exact) mass is 360 g/mol. The summed E-state index contributed by atoms with van der Waals surface area (Å²) in [5, 5.41) is 12.7. The summed E-state index contributed by atoms with van der Waals surface area (Å²) in [7, 11) is 1.48. The van der Waals surface area contributed by atoms with E-state index in [2.05, 4.69) is 5.32 Å². The molecule has 1 saturated carbocycles. The largest absolute Gasteiger partial charge is 0.494 e. The van der Waals surface area contributed by atoms with Crippen molar-refractivity contribution >= 4 is 16.9 Å². The van der Waals surface area contributed by atoms with Crippen LogP contribution in [0.15, 0.2) is 17.1 Å². The average molecular weight is 360 g/mol. The Morgan fingerprint density at radius 3 is 2.58 bits per heavy atom. The van der Waals surface area contributed by atoms with Crippen LogP contribution in [0.3, 0.4) is 0 Å². The second kappa shape index (κ2) is 6.39. The van der Waals surface area contributed by atoms with Crippen LogP contribution >= 0.6 is 0 Å². The number of hydrogen-bond donors (Lipinski definition) is 2. The molecule has 2 fully saturated rings. The van der Waals surface area contributed by atoms with Crippen molar-refractivity contribution in [1.29, 1.82) is 0 Å². The van der Waals surface area contributed by atoms with Gasteiger partial charge in [-0.1, -0.05) is 0 Å². The number of pyridine rings is 1. The van der Waals surface area contributed by atoms with Gasteiger partial charge >= 0.3 is 5.97 Å². The summed E-state index contributed by atoms with van der Waals surface area (Å²) in [5.41, 5.74) is 0.0113. The summed E-state index contributed by atoms with van der Waals surface area (Å²) in [6, 6.07) is 1.32. The van der Waals surface area contributed by atoms with E-state index in [9.17, 15) is 14.7 Å². The van der Waals surface area contributed by atoms with Gasteiger partial charge in [0.15, 0.2) is 0 Å². The maximum absolute atomic E-state index is 15.0. The van der Waals surface area contributed by atoms with Gasteiger partial charge in [0.1, 0.15) is 17.1 Å². The first kappa shape index (κ1) is 17.0. The van der Waals surface area contributed by atoms with E-state index in [0.29, 0.717) is 16.8 Å². The quantitative estimate of drug-likeness (QED) is 0.876. The van der Waals surface area contributed by atoms with Gasteiger partial charge in [0.25, 0.3) is 0 Å². The summed E-state index contributed by atoms with van der Waals surface area (Å²) in [6.45, 7) is 1.61. The summed E-state index contributed by atoms with van der Waals surface area (Å²) < 4.78 is 22.4. The third kappa shape index (κ3) is 2.67. The van der Waals surface area contributed by atoms with Crippen LogP contribution in [0.1, 0.15) is 53.6 Å². The molecule has 7 heteroatoms. The molecule has 2 heterocycles. The van der Waals surface area contributed by atoms with Crippen molar-refractivity contribution in [3.05, 3.63) is 39.4 Å².